The van der Waals surface area contributed by atoms with Crippen LogP contribution in [0.3, 0.4) is 0 Å². The first-order valence-electron chi connectivity index (χ1n) is 6.32. The number of hydrogen-bond acceptors (Lipinski definition) is 3. The minimum atomic E-state index is -0.166. The second kappa shape index (κ2) is 5.71. The lowest BCUT2D eigenvalue weighted by Gasteiger charge is -2.19. The molecule has 1 aromatic carbocycles. The number of hydrogen-bond donors (Lipinski definition) is 1. The quantitative estimate of drug-likeness (QED) is 0.917. The van der Waals surface area contributed by atoms with Crippen molar-refractivity contribution in [2.45, 2.75) is 19.9 Å². The van der Waals surface area contributed by atoms with Crippen molar-refractivity contribution in [2.75, 3.05) is 11.9 Å². The van der Waals surface area contributed by atoms with Crippen LogP contribution in [0, 0.1) is 0 Å². The fraction of sp³-hybridized carbons (Fsp3) is 0.267. The molecule has 1 heterocycles. The zero-order valence-electron chi connectivity index (χ0n) is 11.2. The maximum absolute atomic E-state index is 12.3. The highest BCUT2D eigenvalue weighted by Crippen LogP contribution is 2.21. The zero-order chi connectivity index (χ0) is 13.8. The van der Waals surface area contributed by atoms with E-state index in [0.717, 1.165) is 23.4 Å². The van der Waals surface area contributed by atoms with Gasteiger partial charge in [-0.05, 0) is 23.8 Å². The molecule has 0 saturated carbocycles. The molecule has 4 nitrogen and oxygen atoms in total. The van der Waals surface area contributed by atoms with Crippen LogP contribution in [-0.2, 0) is 13.0 Å². The summed E-state index contributed by atoms with van der Waals surface area (Å²) in [5.74, 6) is 0.996. The Kier molecular flexibility index (Phi) is 4.02. The summed E-state index contributed by atoms with van der Waals surface area (Å²) in [6.45, 7) is 2.38. The molecule has 0 aliphatic heterocycles. The highest BCUT2D eigenvalue weighted by Gasteiger charge is 2.18. The third-order valence-corrected chi connectivity index (χ3v) is 3.10. The average Bonchev–Trinajstić information content (AvgIpc) is 2.94. The summed E-state index contributed by atoms with van der Waals surface area (Å²) in [7, 11) is 1.73. The van der Waals surface area contributed by atoms with Gasteiger partial charge in [-0.2, -0.15) is 0 Å². The van der Waals surface area contributed by atoms with Crippen LogP contribution in [0.1, 0.15) is 28.8 Å². The Morgan fingerprint density at radius 3 is 2.63 bits per heavy atom. The molecule has 19 heavy (non-hydrogen) atoms. The van der Waals surface area contributed by atoms with E-state index in [1.165, 1.54) is 0 Å². The van der Waals surface area contributed by atoms with Gasteiger partial charge in [-0.15, -0.1) is 0 Å². The number of aryl methyl sites for hydroxylation is 1. The molecule has 0 bridgehead atoms. The van der Waals surface area contributed by atoms with Gasteiger partial charge in [0.15, 0.2) is 5.76 Å². The van der Waals surface area contributed by atoms with Crippen molar-refractivity contribution in [2.24, 2.45) is 5.73 Å². The average molecular weight is 258 g/mol. The number of carbonyl (C=O) groups is 1. The van der Waals surface area contributed by atoms with Crippen molar-refractivity contribution in [1.82, 2.24) is 0 Å². The number of amides is 1. The molecule has 0 radical (unpaired) electrons. The van der Waals surface area contributed by atoms with Crippen LogP contribution in [0.25, 0.3) is 0 Å². The van der Waals surface area contributed by atoms with Crippen LogP contribution >= 0.6 is 0 Å². The Bertz CT molecular complexity index is 575. The molecule has 0 aliphatic rings. The van der Waals surface area contributed by atoms with Gasteiger partial charge in [0.1, 0.15) is 5.76 Å². The lowest BCUT2D eigenvalue weighted by Crippen LogP contribution is -2.27. The maximum atomic E-state index is 12.3. The van der Waals surface area contributed by atoms with Crippen LogP contribution < -0.4 is 10.6 Å². The lowest BCUT2D eigenvalue weighted by molar-refractivity contribution is 0.0964. The molecule has 100 valence electrons. The second-order valence-electron chi connectivity index (χ2n) is 4.32. The van der Waals surface area contributed by atoms with E-state index in [9.17, 15) is 4.79 Å². The number of rotatable bonds is 4. The van der Waals surface area contributed by atoms with Gasteiger partial charge in [-0.25, -0.2) is 0 Å². The Labute approximate surface area is 112 Å². The Balaban J connectivity index is 2.28. The van der Waals surface area contributed by atoms with Crippen LogP contribution in [0.15, 0.2) is 40.8 Å². The molecule has 0 atom stereocenters. The van der Waals surface area contributed by atoms with E-state index in [1.54, 1.807) is 18.0 Å². The fourth-order valence-electron chi connectivity index (χ4n) is 1.97. The van der Waals surface area contributed by atoms with E-state index in [1.807, 2.05) is 37.3 Å². The van der Waals surface area contributed by atoms with Gasteiger partial charge in [0.05, 0.1) is 0 Å². The Morgan fingerprint density at radius 1 is 1.26 bits per heavy atom. The molecule has 0 aliphatic carbocycles. The molecule has 0 spiro atoms. The number of para-hydroxylation sites is 1. The summed E-state index contributed by atoms with van der Waals surface area (Å²) in [5, 5.41) is 0. The van der Waals surface area contributed by atoms with Gasteiger partial charge in [0.2, 0.25) is 0 Å². The molecule has 0 saturated heterocycles. The minimum Gasteiger partial charge on any atom is -0.456 e. The topological polar surface area (TPSA) is 59.5 Å². The van der Waals surface area contributed by atoms with E-state index < -0.39 is 0 Å². The molecule has 0 fully saturated rings. The molecule has 0 unspecified atom stereocenters. The number of nitrogens with zero attached hydrogens (tertiary/aromatic N) is 1. The van der Waals surface area contributed by atoms with Gasteiger partial charge < -0.3 is 15.1 Å². The number of furan rings is 1. The summed E-state index contributed by atoms with van der Waals surface area (Å²) < 4.78 is 5.49. The van der Waals surface area contributed by atoms with E-state index >= 15 is 0 Å². The molecule has 2 rings (SSSR count). The molecule has 2 aromatic rings. The molecule has 4 heteroatoms. The Hall–Kier alpha value is -2.07. The minimum absolute atomic E-state index is 0.166. The smallest absolute Gasteiger partial charge is 0.293 e. The fourth-order valence-corrected chi connectivity index (χ4v) is 1.97. The standard InChI is InChI=1S/C15H18N2O2/c1-3-12-8-9-14(19-12)15(18)17(2)13-7-5-4-6-11(13)10-16/h4-9H,3,10,16H2,1-2H3. The summed E-state index contributed by atoms with van der Waals surface area (Å²) in [6.07, 6.45) is 0.774. The molecular weight excluding hydrogens is 240 g/mol. The van der Waals surface area contributed by atoms with E-state index in [2.05, 4.69) is 0 Å². The molecule has 1 amide bonds. The first-order chi connectivity index (χ1) is 9.17. The lowest BCUT2D eigenvalue weighted by atomic mass is 10.1. The number of carbonyl (C=O) groups excluding carboxylic acids is 1. The van der Waals surface area contributed by atoms with Gasteiger partial charge in [0, 0.05) is 25.7 Å². The maximum Gasteiger partial charge on any atom is 0.293 e. The van der Waals surface area contributed by atoms with Crippen molar-refractivity contribution in [3.8, 4) is 0 Å². The molecule has 1 aromatic heterocycles. The van der Waals surface area contributed by atoms with Crippen LogP contribution in [0.2, 0.25) is 0 Å². The van der Waals surface area contributed by atoms with Gasteiger partial charge >= 0.3 is 0 Å². The number of anilines is 1. The van der Waals surface area contributed by atoms with Crippen LogP contribution in [0.4, 0.5) is 5.69 Å². The second-order valence-corrected chi connectivity index (χ2v) is 4.32. The van der Waals surface area contributed by atoms with Crippen molar-refractivity contribution >= 4 is 11.6 Å². The van der Waals surface area contributed by atoms with Crippen molar-refractivity contribution < 1.29 is 9.21 Å². The van der Waals surface area contributed by atoms with Crippen molar-refractivity contribution in [3.05, 3.63) is 53.5 Å². The van der Waals surface area contributed by atoms with Crippen molar-refractivity contribution in [1.29, 1.82) is 0 Å². The summed E-state index contributed by atoms with van der Waals surface area (Å²) >= 11 is 0. The van der Waals surface area contributed by atoms with Gasteiger partial charge in [0.25, 0.3) is 5.91 Å². The summed E-state index contributed by atoms with van der Waals surface area (Å²) in [5.41, 5.74) is 7.43. The molecular formula is C15H18N2O2. The normalized spacial score (nSPS) is 10.5. The number of benzene rings is 1. The monoisotopic (exact) mass is 258 g/mol. The predicted octanol–water partition coefficient (Wildman–Crippen LogP) is 2.58. The largest absolute Gasteiger partial charge is 0.456 e. The first kappa shape index (κ1) is 13.4. The summed E-state index contributed by atoms with van der Waals surface area (Å²) in [4.78, 5) is 13.9. The first-order valence-corrected chi connectivity index (χ1v) is 6.32. The highest BCUT2D eigenvalue weighted by molar-refractivity contribution is 6.04. The molecule has 2 N–H and O–H groups in total. The zero-order valence-corrected chi connectivity index (χ0v) is 11.2. The number of nitrogens with two attached hydrogens (primary N) is 1. The van der Waals surface area contributed by atoms with E-state index in [0.29, 0.717) is 12.3 Å². The van der Waals surface area contributed by atoms with E-state index in [4.69, 9.17) is 10.2 Å². The SMILES string of the molecule is CCc1ccc(C(=O)N(C)c2ccccc2CN)o1. The third-order valence-electron chi connectivity index (χ3n) is 3.10. The van der Waals surface area contributed by atoms with Crippen molar-refractivity contribution in [3.63, 3.8) is 0 Å². The predicted molar refractivity (Wildman–Crippen MR) is 75.2 cm³/mol. The van der Waals surface area contributed by atoms with Crippen LogP contribution in [0.5, 0.6) is 0 Å². The highest BCUT2D eigenvalue weighted by atomic mass is 16.4. The third kappa shape index (κ3) is 2.69. The van der Waals surface area contributed by atoms with Crippen LogP contribution in [-0.4, -0.2) is 13.0 Å². The summed E-state index contributed by atoms with van der Waals surface area (Å²) in [6, 6.07) is 11.1. The van der Waals surface area contributed by atoms with Gasteiger partial charge in [-0.1, -0.05) is 25.1 Å². The van der Waals surface area contributed by atoms with E-state index in [-0.39, 0.29) is 5.91 Å². The Morgan fingerprint density at radius 2 is 2.00 bits per heavy atom. The van der Waals surface area contributed by atoms with Gasteiger partial charge in [-0.3, -0.25) is 4.79 Å².